The van der Waals surface area contributed by atoms with Crippen molar-refractivity contribution in [1.82, 2.24) is 4.90 Å². The quantitative estimate of drug-likeness (QED) is 0.313. The van der Waals surface area contributed by atoms with Crippen molar-refractivity contribution in [3.05, 3.63) is 93.5 Å². The normalized spacial score (nSPS) is 19.2. The molecule has 10 heteroatoms. The second-order valence-corrected chi connectivity index (χ2v) is 10.7. The van der Waals surface area contributed by atoms with Crippen molar-refractivity contribution in [2.45, 2.75) is 30.8 Å². The van der Waals surface area contributed by atoms with Gasteiger partial charge in [-0.1, -0.05) is 65.3 Å². The summed E-state index contributed by atoms with van der Waals surface area (Å²) in [6, 6.07) is 17.2. The smallest absolute Gasteiger partial charge is 0.416 e. The molecular formula is C26H21Cl2F3N2O2S. The number of carbonyl (C=O) groups is 1. The molecule has 0 aliphatic carbocycles. The number of halogens is 5. The standard InChI is InChI=1S/C26H21Cl2F3N2O2S/c1-25(14-17-4-3-5-18(12-17)26(29,30)31)23(34)33(15-16-6-9-20(35-2)10-7-16)24(36-25)32-19-8-11-21(27)22(28)13-19/h3-13H,14-15H2,1-2H3/b32-24+. The van der Waals surface area contributed by atoms with E-state index in [1.807, 2.05) is 12.1 Å². The van der Waals surface area contributed by atoms with Crippen molar-refractivity contribution < 1.29 is 22.7 Å². The van der Waals surface area contributed by atoms with Crippen molar-refractivity contribution in [3.63, 3.8) is 0 Å². The van der Waals surface area contributed by atoms with Crippen LogP contribution in [0.2, 0.25) is 10.0 Å². The van der Waals surface area contributed by atoms with Gasteiger partial charge in [0.05, 0.1) is 35.0 Å². The number of carbonyl (C=O) groups excluding carboxylic acids is 1. The Balaban J connectivity index is 1.69. The molecule has 0 saturated carbocycles. The Bertz CT molecular complexity index is 1320. The fourth-order valence-corrected chi connectivity index (χ4v) is 5.37. The summed E-state index contributed by atoms with van der Waals surface area (Å²) in [6.07, 6.45) is -4.37. The van der Waals surface area contributed by atoms with Crippen LogP contribution in [0.5, 0.6) is 5.75 Å². The van der Waals surface area contributed by atoms with Crippen molar-refractivity contribution in [1.29, 1.82) is 0 Å². The molecule has 1 fully saturated rings. The molecule has 1 aliphatic rings. The minimum absolute atomic E-state index is 0.0971. The first-order valence-electron chi connectivity index (χ1n) is 10.8. The zero-order valence-electron chi connectivity index (χ0n) is 19.3. The highest BCUT2D eigenvalue weighted by molar-refractivity contribution is 8.16. The van der Waals surface area contributed by atoms with Crippen LogP contribution in [0.15, 0.2) is 71.7 Å². The number of hydrogen-bond donors (Lipinski definition) is 0. The predicted octanol–water partition coefficient (Wildman–Crippen LogP) is 7.79. The zero-order valence-corrected chi connectivity index (χ0v) is 21.6. The summed E-state index contributed by atoms with van der Waals surface area (Å²) >= 11 is 13.4. The molecule has 0 bridgehead atoms. The molecule has 0 radical (unpaired) electrons. The Morgan fingerprint density at radius 2 is 1.72 bits per heavy atom. The SMILES string of the molecule is COc1ccc(CN2C(=O)C(C)(Cc3cccc(C(F)(F)F)c3)S/C2=N/c2ccc(Cl)c(Cl)c2)cc1. The summed E-state index contributed by atoms with van der Waals surface area (Å²) in [4.78, 5) is 19.9. The highest BCUT2D eigenvalue weighted by Crippen LogP contribution is 2.42. The van der Waals surface area contributed by atoms with Crippen LogP contribution < -0.4 is 4.74 Å². The molecule has 36 heavy (non-hydrogen) atoms. The maximum Gasteiger partial charge on any atom is 0.416 e. The molecule has 4 nitrogen and oxygen atoms in total. The van der Waals surface area contributed by atoms with Crippen molar-refractivity contribution in [2.24, 2.45) is 4.99 Å². The van der Waals surface area contributed by atoms with Crippen LogP contribution in [-0.4, -0.2) is 27.8 Å². The number of methoxy groups -OCH3 is 1. The van der Waals surface area contributed by atoms with E-state index in [1.165, 1.54) is 17.8 Å². The van der Waals surface area contributed by atoms with E-state index >= 15 is 0 Å². The van der Waals surface area contributed by atoms with Crippen molar-refractivity contribution in [2.75, 3.05) is 7.11 Å². The van der Waals surface area contributed by atoms with Crippen LogP contribution >= 0.6 is 35.0 Å². The zero-order chi connectivity index (χ0) is 26.1. The van der Waals surface area contributed by atoms with Gasteiger partial charge in [0.15, 0.2) is 5.17 Å². The van der Waals surface area contributed by atoms with E-state index in [0.717, 1.165) is 17.7 Å². The van der Waals surface area contributed by atoms with E-state index in [9.17, 15) is 18.0 Å². The maximum absolute atomic E-state index is 13.7. The van der Waals surface area contributed by atoms with E-state index in [2.05, 4.69) is 4.99 Å². The first-order valence-corrected chi connectivity index (χ1v) is 12.4. The average Bonchev–Trinajstić information content (AvgIpc) is 3.05. The number of benzene rings is 3. The molecule has 0 aromatic heterocycles. The first kappa shape index (κ1) is 26.4. The summed E-state index contributed by atoms with van der Waals surface area (Å²) < 4.78 is 43.9. The van der Waals surface area contributed by atoms with Gasteiger partial charge < -0.3 is 4.74 Å². The highest BCUT2D eigenvalue weighted by Gasteiger charge is 2.48. The molecule has 1 aliphatic heterocycles. The summed E-state index contributed by atoms with van der Waals surface area (Å²) in [6.45, 7) is 1.95. The predicted molar refractivity (Wildman–Crippen MR) is 138 cm³/mol. The second-order valence-electron chi connectivity index (χ2n) is 8.44. The molecule has 4 rings (SSSR count). The van der Waals surface area contributed by atoms with E-state index in [1.54, 1.807) is 55.3 Å². The largest absolute Gasteiger partial charge is 0.497 e. The fraction of sp³-hybridized carbons (Fsp3) is 0.231. The summed E-state index contributed by atoms with van der Waals surface area (Å²) in [5.41, 5.74) is 1.00. The molecular weight excluding hydrogens is 532 g/mol. The van der Waals surface area contributed by atoms with Gasteiger partial charge in [0.25, 0.3) is 0 Å². The van der Waals surface area contributed by atoms with Gasteiger partial charge in [-0.15, -0.1) is 0 Å². The Labute approximate surface area is 221 Å². The van der Waals surface area contributed by atoms with Gasteiger partial charge in [0, 0.05) is 0 Å². The summed E-state index contributed by atoms with van der Waals surface area (Å²) in [5.74, 6) is 0.430. The highest BCUT2D eigenvalue weighted by atomic mass is 35.5. The van der Waals surface area contributed by atoms with E-state index in [-0.39, 0.29) is 18.9 Å². The van der Waals surface area contributed by atoms with Gasteiger partial charge in [-0.05, 0) is 60.9 Å². The summed E-state index contributed by atoms with van der Waals surface area (Å²) in [5, 5.41) is 1.12. The lowest BCUT2D eigenvalue weighted by molar-refractivity contribution is -0.137. The molecule has 1 saturated heterocycles. The first-order chi connectivity index (χ1) is 17.0. The van der Waals surface area contributed by atoms with Gasteiger partial charge in [-0.25, -0.2) is 4.99 Å². The Morgan fingerprint density at radius 1 is 1.00 bits per heavy atom. The molecule has 1 atom stereocenters. The van der Waals surface area contributed by atoms with Crippen LogP contribution in [0, 0.1) is 0 Å². The second kappa shape index (κ2) is 10.4. The average molecular weight is 553 g/mol. The number of amidine groups is 1. The number of hydrogen-bond acceptors (Lipinski definition) is 4. The van der Waals surface area contributed by atoms with Gasteiger partial charge in [0.1, 0.15) is 10.5 Å². The van der Waals surface area contributed by atoms with Crippen molar-refractivity contribution in [3.8, 4) is 5.75 Å². The third-order valence-electron chi connectivity index (χ3n) is 5.67. The van der Waals surface area contributed by atoms with Crippen LogP contribution in [0.25, 0.3) is 0 Å². The lowest BCUT2D eigenvalue weighted by Crippen LogP contribution is -2.38. The third kappa shape index (κ3) is 5.82. The Hall–Kier alpha value is -2.68. The third-order valence-corrected chi connectivity index (χ3v) is 7.67. The van der Waals surface area contributed by atoms with Gasteiger partial charge in [0.2, 0.25) is 5.91 Å². The fourth-order valence-electron chi connectivity index (χ4n) is 3.83. The Morgan fingerprint density at radius 3 is 2.36 bits per heavy atom. The van der Waals surface area contributed by atoms with E-state index in [0.29, 0.717) is 32.2 Å². The maximum atomic E-state index is 13.7. The number of nitrogens with zero attached hydrogens (tertiary/aromatic N) is 2. The molecule has 1 amide bonds. The monoisotopic (exact) mass is 552 g/mol. The van der Waals surface area contributed by atoms with Gasteiger partial charge >= 0.3 is 6.18 Å². The molecule has 3 aromatic rings. The lowest BCUT2D eigenvalue weighted by atomic mass is 9.97. The van der Waals surface area contributed by atoms with Crippen LogP contribution in [-0.2, 0) is 23.9 Å². The van der Waals surface area contributed by atoms with E-state index < -0.39 is 16.5 Å². The van der Waals surface area contributed by atoms with Crippen LogP contribution in [0.1, 0.15) is 23.6 Å². The minimum Gasteiger partial charge on any atom is -0.497 e. The topological polar surface area (TPSA) is 41.9 Å². The van der Waals surface area contributed by atoms with Gasteiger partial charge in [-0.2, -0.15) is 13.2 Å². The van der Waals surface area contributed by atoms with Crippen LogP contribution in [0.4, 0.5) is 18.9 Å². The molecule has 0 N–H and O–H groups in total. The number of amides is 1. The Kier molecular flexibility index (Phi) is 7.59. The molecule has 1 heterocycles. The molecule has 3 aromatic carbocycles. The molecule has 188 valence electrons. The lowest BCUT2D eigenvalue weighted by Gasteiger charge is -2.22. The number of rotatable bonds is 6. The summed E-state index contributed by atoms with van der Waals surface area (Å²) in [7, 11) is 1.57. The number of aliphatic imine (C=N–C) groups is 1. The molecule has 0 spiro atoms. The number of thioether (sulfide) groups is 1. The minimum atomic E-state index is -4.47. The number of ether oxygens (including phenoxy) is 1. The van der Waals surface area contributed by atoms with Crippen LogP contribution in [0.3, 0.4) is 0 Å². The number of alkyl halides is 3. The van der Waals surface area contributed by atoms with Gasteiger partial charge in [-0.3, -0.25) is 9.69 Å². The van der Waals surface area contributed by atoms with Crippen molar-refractivity contribution >= 4 is 51.7 Å². The molecule has 1 unspecified atom stereocenters. The van der Waals surface area contributed by atoms with E-state index in [4.69, 9.17) is 27.9 Å².